The van der Waals surface area contributed by atoms with E-state index in [1.165, 1.54) is 0 Å². The van der Waals surface area contributed by atoms with Crippen LogP contribution >= 0.6 is 0 Å². The fourth-order valence-electron chi connectivity index (χ4n) is 1.51. The van der Waals surface area contributed by atoms with E-state index in [2.05, 4.69) is 16.3 Å². The molecule has 4 heteroatoms. The van der Waals surface area contributed by atoms with Crippen LogP contribution in [0, 0.1) is 5.41 Å². The smallest absolute Gasteiger partial charge is 0.141 e. The molecule has 0 unspecified atom stereocenters. The predicted molar refractivity (Wildman–Crippen MR) is 51.7 cm³/mol. The molecule has 2 rings (SSSR count). The van der Waals surface area contributed by atoms with E-state index in [0.29, 0.717) is 5.70 Å². The second-order valence-corrected chi connectivity index (χ2v) is 3.02. The summed E-state index contributed by atoms with van der Waals surface area (Å²) in [5, 5.41) is 10.3. The van der Waals surface area contributed by atoms with Crippen molar-refractivity contribution in [1.82, 2.24) is 10.2 Å². The van der Waals surface area contributed by atoms with E-state index in [1.54, 1.807) is 6.20 Å². The predicted octanol–water partition coefficient (Wildman–Crippen LogP) is 0.470. The zero-order valence-corrected chi connectivity index (χ0v) is 7.25. The fourth-order valence-corrected chi connectivity index (χ4v) is 1.51. The summed E-state index contributed by atoms with van der Waals surface area (Å²) in [6, 6.07) is 0. The van der Waals surface area contributed by atoms with E-state index >= 15 is 0 Å². The first-order chi connectivity index (χ1) is 6.29. The van der Waals surface area contributed by atoms with Crippen LogP contribution in [0.3, 0.4) is 0 Å². The largest absolute Gasteiger partial charge is 0.382 e. The average Bonchev–Trinajstić information content (AvgIpc) is 2.17. The van der Waals surface area contributed by atoms with Crippen LogP contribution in [-0.4, -0.2) is 17.3 Å². The van der Waals surface area contributed by atoms with Crippen LogP contribution in [0.1, 0.15) is 6.42 Å². The Morgan fingerprint density at radius 2 is 2.46 bits per heavy atom. The molecule has 0 saturated carbocycles. The number of amidine groups is 1. The summed E-state index contributed by atoms with van der Waals surface area (Å²) >= 11 is 0. The maximum absolute atomic E-state index is 7.37. The molecule has 68 valence electrons. The summed E-state index contributed by atoms with van der Waals surface area (Å²) in [6.07, 6.45) is 8.90. The van der Waals surface area contributed by atoms with Crippen LogP contribution in [0.15, 0.2) is 35.9 Å². The van der Waals surface area contributed by atoms with E-state index in [9.17, 15) is 0 Å². The summed E-state index contributed by atoms with van der Waals surface area (Å²) in [7, 11) is 0. The first kappa shape index (κ1) is 7.91. The molecule has 2 aliphatic rings. The van der Waals surface area contributed by atoms with Crippen LogP contribution in [0.25, 0.3) is 0 Å². The molecule has 2 aliphatic heterocycles. The molecule has 13 heavy (non-hydrogen) atoms. The van der Waals surface area contributed by atoms with Crippen LogP contribution in [-0.2, 0) is 0 Å². The Kier molecular flexibility index (Phi) is 1.81. The van der Waals surface area contributed by atoms with E-state index in [4.69, 9.17) is 11.1 Å². The maximum Gasteiger partial charge on any atom is 0.141 e. The Bertz CT molecular complexity index is 325. The van der Waals surface area contributed by atoms with Gasteiger partial charge in [-0.3, -0.25) is 5.41 Å². The van der Waals surface area contributed by atoms with E-state index in [-0.39, 0.29) is 5.84 Å². The van der Waals surface area contributed by atoms with Gasteiger partial charge in [0.1, 0.15) is 11.5 Å². The minimum Gasteiger partial charge on any atom is -0.382 e. The summed E-state index contributed by atoms with van der Waals surface area (Å²) < 4.78 is 0. The first-order valence-electron chi connectivity index (χ1n) is 4.24. The highest BCUT2D eigenvalue weighted by atomic mass is 15.2. The highest BCUT2D eigenvalue weighted by molar-refractivity contribution is 5.95. The molecule has 4 N–H and O–H groups in total. The number of nitrogens with zero attached hydrogens (tertiary/aromatic N) is 1. The lowest BCUT2D eigenvalue weighted by atomic mass is 10.1. The summed E-state index contributed by atoms with van der Waals surface area (Å²) in [6.45, 7) is 0.959. The van der Waals surface area contributed by atoms with Gasteiger partial charge in [-0.1, -0.05) is 6.08 Å². The Morgan fingerprint density at radius 1 is 1.62 bits per heavy atom. The van der Waals surface area contributed by atoms with Crippen molar-refractivity contribution in [1.29, 1.82) is 5.41 Å². The number of hydrogen-bond acceptors (Lipinski definition) is 3. The molecule has 0 aromatic carbocycles. The number of allylic oxidation sites excluding steroid dienone is 1. The van der Waals surface area contributed by atoms with E-state index in [0.717, 1.165) is 18.7 Å². The van der Waals surface area contributed by atoms with Crippen LogP contribution in [0.5, 0.6) is 0 Å². The Hall–Kier alpha value is -1.71. The van der Waals surface area contributed by atoms with Gasteiger partial charge in [-0.25, -0.2) is 0 Å². The van der Waals surface area contributed by atoms with Gasteiger partial charge >= 0.3 is 0 Å². The highest BCUT2D eigenvalue weighted by Crippen LogP contribution is 2.19. The van der Waals surface area contributed by atoms with E-state index in [1.807, 2.05) is 12.3 Å². The number of hydrogen-bond donors (Lipinski definition) is 3. The van der Waals surface area contributed by atoms with Crippen molar-refractivity contribution in [3.8, 4) is 0 Å². The van der Waals surface area contributed by atoms with Crippen LogP contribution < -0.4 is 11.1 Å². The van der Waals surface area contributed by atoms with Gasteiger partial charge in [-0.05, 0) is 12.5 Å². The van der Waals surface area contributed by atoms with Crippen molar-refractivity contribution in [3.05, 3.63) is 35.9 Å². The molecule has 2 heterocycles. The molecule has 4 nitrogen and oxygen atoms in total. The average molecular weight is 176 g/mol. The second-order valence-electron chi connectivity index (χ2n) is 3.02. The Labute approximate surface area is 76.9 Å². The number of nitrogens with one attached hydrogen (secondary N) is 2. The van der Waals surface area contributed by atoms with Crippen LogP contribution in [0.2, 0.25) is 0 Å². The van der Waals surface area contributed by atoms with Crippen molar-refractivity contribution in [2.45, 2.75) is 6.42 Å². The standard InChI is InChI=1S/C9H12N4/c10-9(11)8-7-3-1-2-5-13(7)6-4-12-8/h1,3-4,6,12H,2,5H2,(H3,10,11). The van der Waals surface area contributed by atoms with E-state index < -0.39 is 0 Å². The lowest BCUT2D eigenvalue weighted by Crippen LogP contribution is -2.34. The normalized spacial score (nSPS) is 19.8. The molecular weight excluding hydrogens is 164 g/mol. The number of nitrogens with two attached hydrogens (primary N) is 1. The minimum atomic E-state index is 0.0795. The summed E-state index contributed by atoms with van der Waals surface area (Å²) in [5.41, 5.74) is 7.12. The third-order valence-corrected chi connectivity index (χ3v) is 2.13. The number of fused-ring (bicyclic) bond motifs is 1. The SMILES string of the molecule is N=C(N)C1=C2C=CCCN2C=CN1. The first-order valence-corrected chi connectivity index (χ1v) is 4.24. The molecule has 0 aliphatic carbocycles. The second kappa shape index (κ2) is 2.97. The van der Waals surface area contributed by atoms with Gasteiger partial charge in [0.25, 0.3) is 0 Å². The van der Waals surface area contributed by atoms with Gasteiger partial charge < -0.3 is 16.0 Å². The monoisotopic (exact) mass is 176 g/mol. The van der Waals surface area contributed by atoms with Crippen molar-refractivity contribution in [2.24, 2.45) is 5.73 Å². The highest BCUT2D eigenvalue weighted by Gasteiger charge is 2.17. The minimum absolute atomic E-state index is 0.0795. The molecule has 0 aromatic rings. The third-order valence-electron chi connectivity index (χ3n) is 2.13. The fraction of sp³-hybridized carbons (Fsp3) is 0.222. The molecule has 0 amide bonds. The van der Waals surface area contributed by atoms with Gasteiger partial charge in [0.05, 0.1) is 5.70 Å². The molecule has 0 atom stereocenters. The van der Waals surface area contributed by atoms with Crippen molar-refractivity contribution >= 4 is 5.84 Å². The Morgan fingerprint density at radius 3 is 3.23 bits per heavy atom. The maximum atomic E-state index is 7.37. The topological polar surface area (TPSA) is 65.1 Å². The molecule has 0 bridgehead atoms. The van der Waals surface area contributed by atoms with Gasteiger partial charge in [-0.2, -0.15) is 0 Å². The van der Waals surface area contributed by atoms with Crippen LogP contribution in [0.4, 0.5) is 0 Å². The third kappa shape index (κ3) is 1.30. The molecule has 0 aromatic heterocycles. The van der Waals surface area contributed by atoms with Crippen molar-refractivity contribution in [2.75, 3.05) is 6.54 Å². The van der Waals surface area contributed by atoms with Crippen molar-refractivity contribution in [3.63, 3.8) is 0 Å². The lowest BCUT2D eigenvalue weighted by Gasteiger charge is -2.29. The summed E-state index contributed by atoms with van der Waals surface area (Å²) in [5.74, 6) is 0.0795. The lowest BCUT2D eigenvalue weighted by molar-refractivity contribution is 0.457. The quantitative estimate of drug-likeness (QED) is 0.402. The van der Waals surface area contributed by atoms with Gasteiger partial charge in [0.15, 0.2) is 0 Å². The zero-order chi connectivity index (χ0) is 9.26. The van der Waals surface area contributed by atoms with Gasteiger partial charge in [0, 0.05) is 18.9 Å². The molecule has 0 saturated heterocycles. The molecular formula is C9H12N4. The number of rotatable bonds is 1. The summed E-state index contributed by atoms with van der Waals surface area (Å²) in [4.78, 5) is 2.09. The zero-order valence-electron chi connectivity index (χ0n) is 7.25. The molecule has 0 radical (unpaired) electrons. The molecule has 0 fully saturated rings. The molecule has 0 spiro atoms. The Balaban J connectivity index is 2.41. The van der Waals surface area contributed by atoms with Gasteiger partial charge in [-0.15, -0.1) is 0 Å². The van der Waals surface area contributed by atoms with Gasteiger partial charge in [0.2, 0.25) is 0 Å². The van der Waals surface area contributed by atoms with Crippen molar-refractivity contribution < 1.29 is 0 Å².